The minimum Gasteiger partial charge on any atom is -0.323 e. The Labute approximate surface area is 120 Å². The average Bonchev–Trinajstić information content (AvgIpc) is 2.80. The van der Waals surface area contributed by atoms with Gasteiger partial charge in [0.2, 0.25) is 0 Å². The van der Waals surface area contributed by atoms with E-state index in [0.717, 1.165) is 29.7 Å². The van der Waals surface area contributed by atoms with Crippen LogP contribution >= 0.6 is 23.6 Å². The summed E-state index contributed by atoms with van der Waals surface area (Å²) in [4.78, 5) is 19.0. The van der Waals surface area contributed by atoms with Gasteiger partial charge in [-0.2, -0.15) is 0 Å². The van der Waals surface area contributed by atoms with Crippen molar-refractivity contribution in [1.82, 2.24) is 14.5 Å². The lowest BCUT2D eigenvalue weighted by atomic mass is 9.94. The summed E-state index contributed by atoms with van der Waals surface area (Å²) in [5.41, 5.74) is 0.0569. The van der Waals surface area contributed by atoms with E-state index in [2.05, 4.69) is 23.9 Å². The first-order chi connectivity index (χ1) is 9.08. The van der Waals surface area contributed by atoms with Crippen LogP contribution in [0.2, 0.25) is 0 Å². The summed E-state index contributed by atoms with van der Waals surface area (Å²) in [7, 11) is 2.12. The first kappa shape index (κ1) is 13.0. The molecule has 3 heterocycles. The molecule has 3 rings (SSSR count). The number of fused-ring (bicyclic) bond motifs is 1. The molecule has 4 nitrogen and oxygen atoms in total. The van der Waals surface area contributed by atoms with Gasteiger partial charge in [0.25, 0.3) is 5.56 Å². The molecule has 1 N–H and O–H groups in total. The second-order valence-corrected chi connectivity index (χ2v) is 6.67. The van der Waals surface area contributed by atoms with E-state index in [1.165, 1.54) is 11.3 Å². The highest BCUT2D eigenvalue weighted by Gasteiger charge is 2.27. The number of H-pyrrole nitrogens is 1. The van der Waals surface area contributed by atoms with Crippen molar-refractivity contribution < 1.29 is 0 Å². The summed E-state index contributed by atoms with van der Waals surface area (Å²) in [6.45, 7) is 4.21. The van der Waals surface area contributed by atoms with Gasteiger partial charge in [-0.15, -0.1) is 11.3 Å². The molecule has 1 aliphatic rings. The Hall–Kier alpha value is -0.980. The summed E-state index contributed by atoms with van der Waals surface area (Å²) in [5, 5.41) is 2.68. The van der Waals surface area contributed by atoms with Gasteiger partial charge in [-0.1, -0.05) is 6.92 Å². The zero-order valence-corrected chi connectivity index (χ0v) is 12.7. The standard InChI is InChI=1S/C13H17N3OS2/c1-8-7-15(2)5-3-10(8)16-12(17)9-4-6-19-11(9)14-13(16)18/h4,6,8,10H,3,5,7H2,1-2H3,(H,14,18). The van der Waals surface area contributed by atoms with E-state index in [-0.39, 0.29) is 11.6 Å². The second kappa shape index (κ2) is 4.85. The third-order valence-corrected chi connectivity index (χ3v) is 5.08. The fourth-order valence-corrected chi connectivity index (χ4v) is 4.14. The number of nitrogens with one attached hydrogen (secondary N) is 1. The van der Waals surface area contributed by atoms with Crippen molar-refractivity contribution in [2.45, 2.75) is 19.4 Å². The van der Waals surface area contributed by atoms with E-state index in [1.807, 2.05) is 11.4 Å². The van der Waals surface area contributed by atoms with Crippen LogP contribution in [0.15, 0.2) is 16.2 Å². The molecule has 1 fully saturated rings. The van der Waals surface area contributed by atoms with Crippen LogP contribution in [-0.4, -0.2) is 34.6 Å². The van der Waals surface area contributed by atoms with Crippen LogP contribution < -0.4 is 5.56 Å². The number of aromatic amines is 1. The van der Waals surface area contributed by atoms with Gasteiger partial charge in [0.1, 0.15) is 4.83 Å². The average molecular weight is 295 g/mol. The number of aromatic nitrogens is 2. The van der Waals surface area contributed by atoms with Crippen LogP contribution in [0.4, 0.5) is 0 Å². The first-order valence-electron chi connectivity index (χ1n) is 6.48. The molecule has 6 heteroatoms. The normalized spacial score (nSPS) is 24.9. The number of rotatable bonds is 1. The molecular weight excluding hydrogens is 278 g/mol. The topological polar surface area (TPSA) is 41.0 Å². The number of hydrogen-bond donors (Lipinski definition) is 1. The fourth-order valence-electron chi connectivity index (χ4n) is 2.98. The van der Waals surface area contributed by atoms with Crippen LogP contribution in [0.5, 0.6) is 0 Å². The van der Waals surface area contributed by atoms with Gasteiger partial charge < -0.3 is 9.88 Å². The molecule has 2 atom stereocenters. The quantitative estimate of drug-likeness (QED) is 0.822. The van der Waals surface area contributed by atoms with Crippen LogP contribution in [-0.2, 0) is 0 Å². The lowest BCUT2D eigenvalue weighted by molar-refractivity contribution is 0.155. The molecule has 0 spiro atoms. The zero-order chi connectivity index (χ0) is 13.6. The van der Waals surface area contributed by atoms with Crippen molar-refractivity contribution in [3.05, 3.63) is 26.6 Å². The van der Waals surface area contributed by atoms with Crippen LogP contribution in [0.1, 0.15) is 19.4 Å². The van der Waals surface area contributed by atoms with Crippen molar-refractivity contribution in [1.29, 1.82) is 0 Å². The molecule has 2 aromatic heterocycles. The Kier molecular flexibility index (Phi) is 3.32. The fraction of sp³-hybridized carbons (Fsp3) is 0.538. The number of likely N-dealkylation sites (tertiary alicyclic amines) is 1. The van der Waals surface area contributed by atoms with Gasteiger partial charge in [0.05, 0.1) is 5.39 Å². The smallest absolute Gasteiger partial charge is 0.263 e. The highest BCUT2D eigenvalue weighted by Crippen LogP contribution is 2.27. The van der Waals surface area contributed by atoms with E-state index in [1.54, 1.807) is 4.57 Å². The van der Waals surface area contributed by atoms with Gasteiger partial charge >= 0.3 is 0 Å². The predicted octanol–water partition coefficient (Wildman–Crippen LogP) is 2.63. The van der Waals surface area contributed by atoms with Crippen molar-refractivity contribution in [3.8, 4) is 0 Å². The Morgan fingerprint density at radius 1 is 1.53 bits per heavy atom. The Morgan fingerprint density at radius 2 is 2.32 bits per heavy atom. The first-order valence-corrected chi connectivity index (χ1v) is 7.77. The molecule has 1 saturated heterocycles. The highest BCUT2D eigenvalue weighted by molar-refractivity contribution is 7.71. The minimum absolute atomic E-state index is 0.0569. The minimum atomic E-state index is 0.0569. The molecule has 0 amide bonds. The molecule has 102 valence electrons. The molecule has 2 aromatic rings. The molecule has 0 aromatic carbocycles. The summed E-state index contributed by atoms with van der Waals surface area (Å²) < 4.78 is 2.35. The summed E-state index contributed by atoms with van der Waals surface area (Å²) in [5.74, 6) is 0.433. The Bertz CT molecular complexity index is 714. The van der Waals surface area contributed by atoms with E-state index in [4.69, 9.17) is 12.2 Å². The molecule has 1 aliphatic heterocycles. The lowest BCUT2D eigenvalue weighted by Gasteiger charge is -2.35. The maximum atomic E-state index is 12.6. The second-order valence-electron chi connectivity index (χ2n) is 5.36. The van der Waals surface area contributed by atoms with Crippen molar-refractivity contribution in [3.63, 3.8) is 0 Å². The largest absolute Gasteiger partial charge is 0.323 e. The van der Waals surface area contributed by atoms with E-state index < -0.39 is 0 Å². The molecule has 0 radical (unpaired) electrons. The zero-order valence-electron chi connectivity index (χ0n) is 11.0. The SMILES string of the molecule is CC1CN(C)CCC1n1c(=S)[nH]c2sccc2c1=O. The lowest BCUT2D eigenvalue weighted by Crippen LogP contribution is -2.41. The van der Waals surface area contributed by atoms with Gasteiger partial charge in [0, 0.05) is 12.6 Å². The maximum Gasteiger partial charge on any atom is 0.263 e. The predicted molar refractivity (Wildman–Crippen MR) is 81.6 cm³/mol. The highest BCUT2D eigenvalue weighted by atomic mass is 32.1. The van der Waals surface area contributed by atoms with Gasteiger partial charge in [-0.25, -0.2) is 0 Å². The van der Waals surface area contributed by atoms with Gasteiger partial charge in [0.15, 0.2) is 4.77 Å². The van der Waals surface area contributed by atoms with Gasteiger partial charge in [-0.3, -0.25) is 9.36 Å². The molecule has 19 heavy (non-hydrogen) atoms. The summed E-state index contributed by atoms with van der Waals surface area (Å²) >= 11 is 6.93. The van der Waals surface area contributed by atoms with Crippen LogP contribution in [0, 0.1) is 10.7 Å². The molecule has 2 unspecified atom stereocenters. The van der Waals surface area contributed by atoms with Crippen molar-refractivity contribution in [2.24, 2.45) is 5.92 Å². The number of thiophene rings is 1. The van der Waals surface area contributed by atoms with Gasteiger partial charge in [-0.05, 0) is 49.6 Å². The Balaban J connectivity index is 2.14. The third kappa shape index (κ3) is 2.17. The molecule has 0 aliphatic carbocycles. The van der Waals surface area contributed by atoms with E-state index in [0.29, 0.717) is 10.7 Å². The monoisotopic (exact) mass is 295 g/mol. The van der Waals surface area contributed by atoms with Crippen molar-refractivity contribution in [2.75, 3.05) is 20.1 Å². The molecule has 0 saturated carbocycles. The summed E-state index contributed by atoms with van der Waals surface area (Å²) in [6.07, 6.45) is 0.977. The van der Waals surface area contributed by atoms with E-state index in [9.17, 15) is 4.79 Å². The molecular formula is C13H17N3OS2. The maximum absolute atomic E-state index is 12.6. The molecule has 0 bridgehead atoms. The van der Waals surface area contributed by atoms with Crippen molar-refractivity contribution >= 4 is 33.8 Å². The number of nitrogens with zero attached hydrogens (tertiary/aromatic N) is 2. The van der Waals surface area contributed by atoms with Crippen LogP contribution in [0.3, 0.4) is 0 Å². The Morgan fingerprint density at radius 3 is 3.05 bits per heavy atom. The third-order valence-electron chi connectivity index (χ3n) is 3.95. The van der Waals surface area contributed by atoms with Crippen LogP contribution in [0.25, 0.3) is 10.2 Å². The number of piperidine rings is 1. The number of hydrogen-bond acceptors (Lipinski definition) is 4. The summed E-state index contributed by atoms with van der Waals surface area (Å²) in [6, 6.07) is 2.08. The van der Waals surface area contributed by atoms with E-state index >= 15 is 0 Å².